The van der Waals surface area contributed by atoms with Gasteiger partial charge in [0.1, 0.15) is 5.75 Å². The van der Waals surface area contributed by atoms with E-state index in [4.69, 9.17) is 9.47 Å². The molecule has 2 rings (SSSR count). The second kappa shape index (κ2) is 7.49. The van der Waals surface area contributed by atoms with Gasteiger partial charge < -0.3 is 14.6 Å². The number of methoxy groups -OCH3 is 1. The highest BCUT2D eigenvalue weighted by Crippen LogP contribution is 2.28. The first-order valence-corrected chi connectivity index (χ1v) is 7.28. The van der Waals surface area contributed by atoms with Crippen molar-refractivity contribution in [3.05, 3.63) is 77.3 Å². The Labute approximate surface area is 136 Å². The van der Waals surface area contributed by atoms with Crippen molar-refractivity contribution in [2.75, 3.05) is 7.11 Å². The summed E-state index contributed by atoms with van der Waals surface area (Å²) in [5.41, 5.74) is 3.03. The number of hydrogen-bond donors (Lipinski definition) is 1. The molecule has 0 saturated heterocycles. The standard InChI is InChI=1S/C19H20O4/c1-13-8-9-14(2)18(10-13)23-11-15-6-4-5-7-16(15)17(12-22-3)19(20)21/h4-12,16H,1-3H3,(H,20,21). The van der Waals surface area contributed by atoms with Crippen LogP contribution in [0.3, 0.4) is 0 Å². The van der Waals surface area contributed by atoms with E-state index in [9.17, 15) is 9.90 Å². The molecule has 1 aromatic carbocycles. The van der Waals surface area contributed by atoms with E-state index in [2.05, 4.69) is 0 Å². The van der Waals surface area contributed by atoms with Crippen LogP contribution in [0, 0.1) is 19.8 Å². The summed E-state index contributed by atoms with van der Waals surface area (Å²) < 4.78 is 10.7. The lowest BCUT2D eigenvalue weighted by Gasteiger charge is -2.18. The largest absolute Gasteiger partial charge is 0.504 e. The Morgan fingerprint density at radius 3 is 2.74 bits per heavy atom. The molecule has 0 aromatic heterocycles. The minimum absolute atomic E-state index is 0.156. The van der Waals surface area contributed by atoms with Crippen LogP contribution in [0.25, 0.3) is 0 Å². The molecule has 0 heterocycles. The molecule has 0 spiro atoms. The molecule has 1 aromatic rings. The number of carboxylic acids is 1. The summed E-state index contributed by atoms with van der Waals surface area (Å²) >= 11 is 0. The van der Waals surface area contributed by atoms with E-state index in [0.29, 0.717) is 0 Å². The van der Waals surface area contributed by atoms with Crippen LogP contribution in [-0.2, 0) is 9.53 Å². The second-order valence-corrected chi connectivity index (χ2v) is 5.34. The van der Waals surface area contributed by atoms with Crippen molar-refractivity contribution >= 4 is 5.97 Å². The molecule has 0 fully saturated rings. The van der Waals surface area contributed by atoms with Gasteiger partial charge in [-0.2, -0.15) is 0 Å². The monoisotopic (exact) mass is 312 g/mol. The van der Waals surface area contributed by atoms with Crippen LogP contribution in [0.1, 0.15) is 11.1 Å². The van der Waals surface area contributed by atoms with Crippen LogP contribution in [0.2, 0.25) is 0 Å². The molecular weight excluding hydrogens is 292 g/mol. The second-order valence-electron chi connectivity index (χ2n) is 5.34. The number of ether oxygens (including phenoxy) is 2. The van der Waals surface area contributed by atoms with E-state index in [0.717, 1.165) is 22.4 Å². The van der Waals surface area contributed by atoms with Gasteiger partial charge in [-0.05, 0) is 36.6 Å². The van der Waals surface area contributed by atoms with E-state index in [1.807, 2.05) is 50.3 Å². The van der Waals surface area contributed by atoms with Crippen LogP contribution in [-0.4, -0.2) is 18.2 Å². The lowest BCUT2D eigenvalue weighted by atomic mass is 9.89. The fraction of sp³-hybridized carbons (Fsp3) is 0.211. The van der Waals surface area contributed by atoms with Gasteiger partial charge in [0.2, 0.25) is 0 Å². The molecular formula is C19H20O4. The zero-order valence-corrected chi connectivity index (χ0v) is 13.4. The van der Waals surface area contributed by atoms with Crippen molar-refractivity contribution in [2.24, 2.45) is 5.92 Å². The van der Waals surface area contributed by atoms with Gasteiger partial charge >= 0.3 is 5.97 Å². The van der Waals surface area contributed by atoms with Crippen molar-refractivity contribution in [3.8, 4) is 5.75 Å². The molecule has 0 amide bonds. The third-order valence-electron chi connectivity index (χ3n) is 3.55. The van der Waals surface area contributed by atoms with Crippen LogP contribution >= 0.6 is 0 Å². The lowest BCUT2D eigenvalue weighted by Crippen LogP contribution is -2.15. The van der Waals surface area contributed by atoms with Crippen molar-refractivity contribution in [3.63, 3.8) is 0 Å². The lowest BCUT2D eigenvalue weighted by molar-refractivity contribution is -0.133. The molecule has 0 saturated carbocycles. The highest BCUT2D eigenvalue weighted by atomic mass is 16.5. The highest BCUT2D eigenvalue weighted by Gasteiger charge is 2.23. The minimum Gasteiger partial charge on any atom is -0.504 e. The third-order valence-corrected chi connectivity index (χ3v) is 3.55. The number of rotatable bonds is 5. The van der Waals surface area contributed by atoms with E-state index in [1.54, 1.807) is 12.3 Å². The summed E-state index contributed by atoms with van der Waals surface area (Å²) in [7, 11) is 1.43. The summed E-state index contributed by atoms with van der Waals surface area (Å²) in [6, 6.07) is 5.96. The molecule has 0 aliphatic heterocycles. The first kappa shape index (κ1) is 16.6. The Bertz CT molecular complexity index is 708. The van der Waals surface area contributed by atoms with Crippen LogP contribution in [0.4, 0.5) is 0 Å². The number of aryl methyl sites for hydroxylation is 2. The summed E-state index contributed by atoms with van der Waals surface area (Å²) in [6.45, 7) is 3.96. The van der Waals surface area contributed by atoms with Gasteiger partial charge in [-0.15, -0.1) is 0 Å². The molecule has 0 bridgehead atoms. The van der Waals surface area contributed by atoms with Gasteiger partial charge in [-0.3, -0.25) is 0 Å². The fourth-order valence-electron chi connectivity index (χ4n) is 2.30. The van der Waals surface area contributed by atoms with Gasteiger partial charge in [-0.1, -0.05) is 36.4 Å². The zero-order chi connectivity index (χ0) is 16.8. The molecule has 120 valence electrons. The molecule has 4 heteroatoms. The Hall–Kier alpha value is -2.75. The number of benzene rings is 1. The van der Waals surface area contributed by atoms with Gasteiger partial charge in [0.15, 0.2) is 0 Å². The van der Waals surface area contributed by atoms with Crippen molar-refractivity contribution in [2.45, 2.75) is 13.8 Å². The van der Waals surface area contributed by atoms with Crippen molar-refractivity contribution in [1.82, 2.24) is 0 Å². The Morgan fingerprint density at radius 1 is 1.26 bits per heavy atom. The molecule has 1 aliphatic carbocycles. The number of carbonyl (C=O) groups is 1. The van der Waals surface area contributed by atoms with E-state index in [1.165, 1.54) is 13.4 Å². The average Bonchev–Trinajstić information content (AvgIpc) is 2.53. The summed E-state index contributed by atoms with van der Waals surface area (Å²) in [5.74, 6) is -0.677. The maximum atomic E-state index is 11.4. The maximum absolute atomic E-state index is 11.4. The van der Waals surface area contributed by atoms with Gasteiger partial charge in [0.05, 0.1) is 25.2 Å². The highest BCUT2D eigenvalue weighted by molar-refractivity contribution is 5.88. The maximum Gasteiger partial charge on any atom is 0.335 e. The number of carboxylic acid groups (broad SMARTS) is 1. The summed E-state index contributed by atoms with van der Waals surface area (Å²) in [6.07, 6.45) is 10.1. The first-order chi connectivity index (χ1) is 11.0. The van der Waals surface area contributed by atoms with Gasteiger partial charge in [-0.25, -0.2) is 4.79 Å². The first-order valence-electron chi connectivity index (χ1n) is 7.28. The Kier molecular flexibility index (Phi) is 5.41. The smallest absolute Gasteiger partial charge is 0.335 e. The van der Waals surface area contributed by atoms with Gasteiger partial charge in [0, 0.05) is 5.92 Å². The van der Waals surface area contributed by atoms with E-state index >= 15 is 0 Å². The number of allylic oxidation sites excluding steroid dienone is 5. The topological polar surface area (TPSA) is 55.8 Å². The van der Waals surface area contributed by atoms with Crippen LogP contribution in [0.15, 0.2) is 66.2 Å². The molecule has 1 atom stereocenters. The fourth-order valence-corrected chi connectivity index (χ4v) is 2.30. The summed E-state index contributed by atoms with van der Waals surface area (Å²) in [5, 5.41) is 9.37. The average molecular weight is 312 g/mol. The van der Waals surface area contributed by atoms with Crippen molar-refractivity contribution in [1.29, 1.82) is 0 Å². The van der Waals surface area contributed by atoms with E-state index in [-0.39, 0.29) is 5.57 Å². The molecule has 0 radical (unpaired) electrons. The molecule has 1 N–H and O–H groups in total. The van der Waals surface area contributed by atoms with Crippen LogP contribution < -0.4 is 4.74 Å². The van der Waals surface area contributed by atoms with E-state index < -0.39 is 11.9 Å². The number of hydrogen-bond acceptors (Lipinski definition) is 3. The molecule has 23 heavy (non-hydrogen) atoms. The molecule has 1 aliphatic rings. The zero-order valence-electron chi connectivity index (χ0n) is 13.4. The summed E-state index contributed by atoms with van der Waals surface area (Å²) in [4.78, 5) is 11.4. The SMILES string of the molecule is COC=C(C(=O)O)C1C=CC=CC1=COc1cc(C)ccc1C. The van der Waals surface area contributed by atoms with Crippen LogP contribution in [0.5, 0.6) is 5.75 Å². The number of aliphatic carboxylic acids is 1. The normalized spacial score (nSPS) is 19.0. The predicted octanol–water partition coefficient (Wildman–Crippen LogP) is 3.92. The molecule has 1 unspecified atom stereocenters. The minimum atomic E-state index is -1.02. The quantitative estimate of drug-likeness (QED) is 0.661. The molecule has 4 nitrogen and oxygen atoms in total. The van der Waals surface area contributed by atoms with Gasteiger partial charge in [0.25, 0.3) is 0 Å². The Morgan fingerprint density at radius 2 is 2.04 bits per heavy atom. The van der Waals surface area contributed by atoms with Crippen molar-refractivity contribution < 1.29 is 19.4 Å². The predicted molar refractivity (Wildman–Crippen MR) is 89.1 cm³/mol. The third kappa shape index (κ3) is 4.13. The Balaban J connectivity index is 2.30.